The Hall–Kier alpha value is -2.02. The summed E-state index contributed by atoms with van der Waals surface area (Å²) in [5.41, 5.74) is 0.137. The van der Waals surface area contributed by atoms with Gasteiger partial charge in [0.15, 0.2) is 5.82 Å². The fourth-order valence-corrected chi connectivity index (χ4v) is 1.66. The molecule has 1 heterocycles. The Morgan fingerprint density at radius 2 is 2.16 bits per heavy atom. The van der Waals surface area contributed by atoms with Gasteiger partial charge < -0.3 is 4.74 Å². The Bertz CT molecular complexity index is 604. The van der Waals surface area contributed by atoms with E-state index in [0.717, 1.165) is 10.5 Å². The molecule has 0 bridgehead atoms. The summed E-state index contributed by atoms with van der Waals surface area (Å²) in [7, 11) is 0. The number of aromatic nitrogens is 1. The van der Waals surface area contributed by atoms with Crippen LogP contribution in [0.15, 0.2) is 41.0 Å². The molecule has 1 aromatic carbocycles. The summed E-state index contributed by atoms with van der Waals surface area (Å²) in [6, 6.07) is 6.99. The standard InChI is InChI=1S/C12H8BrFN2O3/c13-8-4-5-9(15-6-8)7-19-12-10(14)2-1-3-11(12)16(17)18/h1-6H,7H2. The minimum Gasteiger partial charge on any atom is -0.478 e. The van der Waals surface area contributed by atoms with E-state index in [0.29, 0.717) is 5.69 Å². The number of nitro groups is 1. The van der Waals surface area contributed by atoms with Crippen LogP contribution in [0.1, 0.15) is 5.69 Å². The molecule has 0 radical (unpaired) electrons. The van der Waals surface area contributed by atoms with Crippen molar-refractivity contribution >= 4 is 21.6 Å². The molecular formula is C12H8BrFN2O3. The summed E-state index contributed by atoms with van der Waals surface area (Å²) in [5.74, 6) is -1.15. The third kappa shape index (κ3) is 3.25. The Kier molecular flexibility index (Phi) is 4.06. The molecule has 0 amide bonds. The summed E-state index contributed by atoms with van der Waals surface area (Å²) >= 11 is 3.23. The third-order valence-corrected chi connectivity index (χ3v) is 2.77. The van der Waals surface area contributed by atoms with Crippen LogP contribution in [0.3, 0.4) is 0 Å². The Balaban J connectivity index is 2.19. The summed E-state index contributed by atoms with van der Waals surface area (Å²) < 4.78 is 19.5. The molecule has 0 spiro atoms. The van der Waals surface area contributed by atoms with Gasteiger partial charge in [-0.05, 0) is 34.1 Å². The SMILES string of the molecule is O=[N+]([O-])c1cccc(F)c1OCc1ccc(Br)cn1. The number of halogens is 2. The number of ether oxygens (including phenoxy) is 1. The summed E-state index contributed by atoms with van der Waals surface area (Å²) in [5, 5.41) is 10.8. The highest BCUT2D eigenvalue weighted by molar-refractivity contribution is 9.10. The van der Waals surface area contributed by atoms with E-state index in [1.54, 1.807) is 18.3 Å². The molecule has 0 N–H and O–H groups in total. The van der Waals surface area contributed by atoms with Gasteiger partial charge in [-0.3, -0.25) is 15.1 Å². The number of hydrogen-bond acceptors (Lipinski definition) is 4. The Morgan fingerprint density at radius 3 is 2.79 bits per heavy atom. The van der Waals surface area contributed by atoms with Gasteiger partial charge in [0.1, 0.15) is 6.61 Å². The van der Waals surface area contributed by atoms with Gasteiger partial charge in [0.05, 0.1) is 10.6 Å². The molecule has 5 nitrogen and oxygen atoms in total. The van der Waals surface area contributed by atoms with E-state index in [-0.39, 0.29) is 12.4 Å². The topological polar surface area (TPSA) is 65.3 Å². The fourth-order valence-electron chi connectivity index (χ4n) is 1.42. The molecule has 98 valence electrons. The average Bonchev–Trinajstić information content (AvgIpc) is 2.39. The molecule has 0 saturated heterocycles. The molecule has 0 atom stereocenters. The molecule has 2 rings (SSSR count). The van der Waals surface area contributed by atoms with Crippen molar-refractivity contribution in [3.8, 4) is 5.75 Å². The lowest BCUT2D eigenvalue weighted by molar-refractivity contribution is -0.386. The van der Waals surface area contributed by atoms with Gasteiger partial charge in [-0.15, -0.1) is 0 Å². The number of pyridine rings is 1. The highest BCUT2D eigenvalue weighted by Crippen LogP contribution is 2.30. The molecule has 0 fully saturated rings. The van der Waals surface area contributed by atoms with E-state index in [9.17, 15) is 14.5 Å². The number of nitro benzene ring substituents is 1. The van der Waals surface area contributed by atoms with Crippen LogP contribution in [0.5, 0.6) is 5.75 Å². The lowest BCUT2D eigenvalue weighted by atomic mass is 10.3. The molecule has 0 saturated carbocycles. The molecule has 2 aromatic rings. The van der Waals surface area contributed by atoms with E-state index < -0.39 is 16.4 Å². The molecule has 0 unspecified atom stereocenters. The third-order valence-electron chi connectivity index (χ3n) is 2.30. The van der Waals surface area contributed by atoms with Crippen molar-refractivity contribution in [2.24, 2.45) is 0 Å². The number of hydrogen-bond donors (Lipinski definition) is 0. The summed E-state index contributed by atoms with van der Waals surface area (Å²) in [4.78, 5) is 14.1. The largest absolute Gasteiger partial charge is 0.478 e. The first-order chi connectivity index (χ1) is 9.08. The van der Waals surface area contributed by atoms with E-state index in [2.05, 4.69) is 20.9 Å². The maximum atomic E-state index is 13.5. The van der Waals surface area contributed by atoms with Crippen LogP contribution in [0.4, 0.5) is 10.1 Å². The van der Waals surface area contributed by atoms with E-state index in [4.69, 9.17) is 4.74 Å². The van der Waals surface area contributed by atoms with Crippen LogP contribution in [0.25, 0.3) is 0 Å². The summed E-state index contributed by atoms with van der Waals surface area (Å²) in [6.07, 6.45) is 1.56. The zero-order valence-corrected chi connectivity index (χ0v) is 11.1. The average molecular weight is 327 g/mol. The molecule has 19 heavy (non-hydrogen) atoms. The molecule has 7 heteroatoms. The van der Waals surface area contributed by atoms with Gasteiger partial charge in [0.25, 0.3) is 0 Å². The maximum Gasteiger partial charge on any atom is 0.314 e. The van der Waals surface area contributed by atoms with Crippen molar-refractivity contribution < 1.29 is 14.1 Å². The smallest absolute Gasteiger partial charge is 0.314 e. The molecule has 0 aliphatic carbocycles. The van der Waals surface area contributed by atoms with Crippen LogP contribution in [0, 0.1) is 15.9 Å². The van der Waals surface area contributed by atoms with Crippen molar-refractivity contribution in [3.05, 3.63) is 62.6 Å². The highest BCUT2D eigenvalue weighted by Gasteiger charge is 2.19. The predicted molar refractivity (Wildman–Crippen MR) is 69.3 cm³/mol. The van der Waals surface area contributed by atoms with E-state index >= 15 is 0 Å². The lowest BCUT2D eigenvalue weighted by Gasteiger charge is -2.07. The van der Waals surface area contributed by atoms with Gasteiger partial charge in [0, 0.05) is 16.7 Å². The van der Waals surface area contributed by atoms with Crippen LogP contribution < -0.4 is 4.74 Å². The first kappa shape index (κ1) is 13.4. The monoisotopic (exact) mass is 326 g/mol. The second-order valence-electron chi connectivity index (χ2n) is 3.60. The molecule has 1 aromatic heterocycles. The van der Waals surface area contributed by atoms with Gasteiger partial charge in [-0.2, -0.15) is 0 Å². The quantitative estimate of drug-likeness (QED) is 0.637. The van der Waals surface area contributed by atoms with Gasteiger partial charge >= 0.3 is 5.69 Å². The van der Waals surface area contributed by atoms with Gasteiger partial charge in [-0.1, -0.05) is 6.07 Å². The van der Waals surface area contributed by atoms with Crippen LogP contribution in [-0.2, 0) is 6.61 Å². The Labute approximate surface area is 116 Å². The number of rotatable bonds is 4. The number of benzene rings is 1. The minimum absolute atomic E-state index is 0.0466. The fraction of sp³-hybridized carbons (Fsp3) is 0.0833. The summed E-state index contributed by atoms with van der Waals surface area (Å²) in [6.45, 7) is -0.0466. The van der Waals surface area contributed by atoms with Gasteiger partial charge in [-0.25, -0.2) is 4.39 Å². The second kappa shape index (κ2) is 5.75. The zero-order chi connectivity index (χ0) is 13.8. The first-order valence-corrected chi connectivity index (χ1v) is 6.03. The van der Waals surface area contributed by atoms with Crippen LogP contribution in [0.2, 0.25) is 0 Å². The highest BCUT2D eigenvalue weighted by atomic mass is 79.9. The second-order valence-corrected chi connectivity index (χ2v) is 4.52. The van der Waals surface area contributed by atoms with Crippen LogP contribution in [-0.4, -0.2) is 9.91 Å². The molecule has 0 aliphatic rings. The van der Waals surface area contributed by atoms with E-state index in [1.807, 2.05) is 0 Å². The van der Waals surface area contributed by atoms with Crippen molar-refractivity contribution in [2.75, 3.05) is 0 Å². The molecule has 0 aliphatic heterocycles. The van der Waals surface area contributed by atoms with Crippen molar-refractivity contribution in [3.63, 3.8) is 0 Å². The van der Waals surface area contributed by atoms with Crippen LogP contribution >= 0.6 is 15.9 Å². The first-order valence-electron chi connectivity index (χ1n) is 5.24. The van der Waals surface area contributed by atoms with Crippen molar-refractivity contribution in [1.29, 1.82) is 0 Å². The maximum absolute atomic E-state index is 13.5. The lowest BCUT2D eigenvalue weighted by Crippen LogP contribution is -2.02. The normalized spacial score (nSPS) is 10.2. The van der Waals surface area contributed by atoms with Crippen molar-refractivity contribution in [2.45, 2.75) is 6.61 Å². The van der Waals surface area contributed by atoms with Gasteiger partial charge in [0.2, 0.25) is 5.75 Å². The zero-order valence-electron chi connectivity index (χ0n) is 9.55. The number of para-hydroxylation sites is 1. The van der Waals surface area contributed by atoms with E-state index in [1.165, 1.54) is 12.1 Å². The number of nitrogens with zero attached hydrogens (tertiary/aromatic N) is 2. The Morgan fingerprint density at radius 1 is 1.37 bits per heavy atom. The van der Waals surface area contributed by atoms with Crippen molar-refractivity contribution in [1.82, 2.24) is 4.98 Å². The minimum atomic E-state index is -0.772. The predicted octanol–water partition coefficient (Wildman–Crippen LogP) is 3.47. The molecular weight excluding hydrogens is 319 g/mol.